The Bertz CT molecular complexity index is 773. The van der Waals surface area contributed by atoms with Gasteiger partial charge in [-0.3, -0.25) is 4.79 Å². The van der Waals surface area contributed by atoms with Crippen LogP contribution in [-0.4, -0.2) is 22.9 Å². The maximum absolute atomic E-state index is 12.1. The Morgan fingerprint density at radius 2 is 1.57 bits per heavy atom. The van der Waals surface area contributed by atoms with Gasteiger partial charge in [-0.25, -0.2) is 9.97 Å². The predicted octanol–water partition coefficient (Wildman–Crippen LogP) is 3.50. The van der Waals surface area contributed by atoms with Crippen molar-refractivity contribution in [3.8, 4) is 0 Å². The van der Waals surface area contributed by atoms with Crippen molar-refractivity contribution < 1.29 is 4.79 Å². The van der Waals surface area contributed by atoms with Crippen molar-refractivity contribution in [2.75, 3.05) is 17.3 Å². The van der Waals surface area contributed by atoms with Gasteiger partial charge in [-0.15, -0.1) is 0 Å². The van der Waals surface area contributed by atoms with E-state index in [1.54, 1.807) is 6.20 Å². The fourth-order valence-electron chi connectivity index (χ4n) is 2.11. The first-order valence-corrected chi connectivity index (χ1v) is 7.21. The molecule has 1 heterocycles. The molecule has 0 atom stereocenters. The normalized spacial score (nSPS) is 10.1. The topological polar surface area (TPSA) is 58.1 Å². The molecule has 1 aromatic heterocycles. The molecule has 0 saturated heterocycles. The van der Waals surface area contributed by atoms with Crippen LogP contribution < -0.4 is 10.2 Å². The first-order valence-electron chi connectivity index (χ1n) is 7.21. The maximum atomic E-state index is 12.1. The van der Waals surface area contributed by atoms with Gasteiger partial charge in [0.1, 0.15) is 5.69 Å². The van der Waals surface area contributed by atoms with E-state index >= 15 is 0 Å². The van der Waals surface area contributed by atoms with E-state index in [-0.39, 0.29) is 11.6 Å². The number of aromatic nitrogens is 2. The molecule has 3 aromatic rings. The van der Waals surface area contributed by atoms with Crippen LogP contribution in [-0.2, 0) is 0 Å². The van der Waals surface area contributed by atoms with Crippen LogP contribution in [0.1, 0.15) is 10.5 Å². The molecule has 1 amide bonds. The fraction of sp³-hybridized carbons (Fsp3) is 0.0556. The molecule has 0 unspecified atom stereocenters. The molecule has 0 bridgehead atoms. The highest BCUT2D eigenvalue weighted by Gasteiger charge is 2.10. The second-order valence-electron chi connectivity index (χ2n) is 4.97. The first-order chi connectivity index (χ1) is 11.2. The van der Waals surface area contributed by atoms with E-state index in [9.17, 15) is 4.79 Å². The lowest BCUT2D eigenvalue weighted by molar-refractivity contribution is 0.102. The highest BCUT2D eigenvalue weighted by molar-refractivity contribution is 6.02. The van der Waals surface area contributed by atoms with Crippen LogP contribution >= 0.6 is 0 Å². The van der Waals surface area contributed by atoms with E-state index in [1.165, 1.54) is 6.20 Å². The van der Waals surface area contributed by atoms with Gasteiger partial charge in [0.2, 0.25) is 0 Å². The number of nitrogens with zero attached hydrogens (tertiary/aromatic N) is 3. The lowest BCUT2D eigenvalue weighted by Crippen LogP contribution is -2.16. The largest absolute Gasteiger partial charge is 0.328 e. The predicted molar refractivity (Wildman–Crippen MR) is 90.9 cm³/mol. The minimum absolute atomic E-state index is 0.277. The summed E-state index contributed by atoms with van der Waals surface area (Å²) in [5.74, 6) is 0.394. The van der Waals surface area contributed by atoms with Gasteiger partial charge in [0, 0.05) is 18.4 Å². The third kappa shape index (κ3) is 3.52. The zero-order chi connectivity index (χ0) is 16.1. The molecule has 0 aliphatic rings. The molecule has 0 radical (unpaired) electrons. The molecular weight excluding hydrogens is 288 g/mol. The summed E-state index contributed by atoms with van der Waals surface area (Å²) in [6.07, 6.45) is 3.07. The Morgan fingerprint density at radius 3 is 2.17 bits per heavy atom. The van der Waals surface area contributed by atoms with Crippen LogP contribution in [0.25, 0.3) is 0 Å². The second-order valence-corrected chi connectivity index (χ2v) is 4.97. The van der Waals surface area contributed by atoms with Gasteiger partial charge >= 0.3 is 0 Å². The Morgan fingerprint density at radius 1 is 0.913 bits per heavy atom. The van der Waals surface area contributed by atoms with Gasteiger partial charge < -0.3 is 10.2 Å². The Labute approximate surface area is 134 Å². The van der Waals surface area contributed by atoms with Crippen molar-refractivity contribution in [1.29, 1.82) is 0 Å². The van der Waals surface area contributed by atoms with Crippen molar-refractivity contribution in [2.24, 2.45) is 0 Å². The summed E-state index contributed by atoms with van der Waals surface area (Å²) in [5.41, 5.74) is 2.01. The van der Waals surface area contributed by atoms with Gasteiger partial charge in [0.25, 0.3) is 5.91 Å². The van der Waals surface area contributed by atoms with E-state index in [1.807, 2.05) is 72.6 Å². The van der Waals surface area contributed by atoms with Gasteiger partial charge in [-0.1, -0.05) is 36.4 Å². The molecule has 0 aliphatic heterocycles. The van der Waals surface area contributed by atoms with Crippen LogP contribution in [0.3, 0.4) is 0 Å². The van der Waals surface area contributed by atoms with Crippen molar-refractivity contribution in [2.45, 2.75) is 0 Å². The summed E-state index contributed by atoms with van der Waals surface area (Å²) >= 11 is 0. The lowest BCUT2D eigenvalue weighted by atomic mass is 10.3. The van der Waals surface area contributed by atoms with E-state index in [0.717, 1.165) is 11.4 Å². The number of benzene rings is 2. The lowest BCUT2D eigenvalue weighted by Gasteiger charge is -2.17. The number of rotatable bonds is 4. The van der Waals surface area contributed by atoms with Crippen LogP contribution in [0.15, 0.2) is 73.1 Å². The maximum Gasteiger partial charge on any atom is 0.275 e. The number of para-hydroxylation sites is 2. The van der Waals surface area contributed by atoms with Gasteiger partial charge in [-0.2, -0.15) is 0 Å². The number of nitrogens with one attached hydrogen (secondary N) is 1. The number of hydrogen-bond donors (Lipinski definition) is 1. The molecule has 0 saturated carbocycles. The molecule has 23 heavy (non-hydrogen) atoms. The highest BCUT2D eigenvalue weighted by Crippen LogP contribution is 2.20. The number of hydrogen-bond acceptors (Lipinski definition) is 4. The number of carbonyl (C=O) groups is 1. The van der Waals surface area contributed by atoms with E-state index < -0.39 is 0 Å². The number of carbonyl (C=O) groups excluding carboxylic acids is 1. The summed E-state index contributed by atoms with van der Waals surface area (Å²) in [5, 5.41) is 2.78. The molecule has 5 nitrogen and oxygen atoms in total. The molecule has 0 fully saturated rings. The van der Waals surface area contributed by atoms with Gasteiger partial charge in [0.05, 0.1) is 12.4 Å². The quantitative estimate of drug-likeness (QED) is 0.801. The molecule has 2 aromatic carbocycles. The molecule has 0 spiro atoms. The van der Waals surface area contributed by atoms with Crippen LogP contribution in [0, 0.1) is 0 Å². The van der Waals surface area contributed by atoms with E-state index in [2.05, 4.69) is 15.3 Å². The summed E-state index contributed by atoms with van der Waals surface area (Å²) in [6, 6.07) is 19.1. The van der Waals surface area contributed by atoms with Crippen molar-refractivity contribution >= 4 is 23.1 Å². The molecule has 5 heteroatoms. The summed E-state index contributed by atoms with van der Waals surface area (Å²) in [6.45, 7) is 0. The smallest absolute Gasteiger partial charge is 0.275 e. The molecular formula is C18H16N4O. The van der Waals surface area contributed by atoms with E-state index in [0.29, 0.717) is 5.82 Å². The standard InChI is InChI=1S/C18H16N4O/c1-22(15-10-6-3-7-11-15)17-13-19-16(12-20-17)18(23)21-14-8-4-2-5-9-14/h2-13H,1H3,(H,21,23). The summed E-state index contributed by atoms with van der Waals surface area (Å²) < 4.78 is 0. The Hall–Kier alpha value is -3.21. The molecule has 114 valence electrons. The third-order valence-corrected chi connectivity index (χ3v) is 3.39. The second kappa shape index (κ2) is 6.70. The Kier molecular flexibility index (Phi) is 4.29. The van der Waals surface area contributed by atoms with Crippen molar-refractivity contribution in [3.63, 3.8) is 0 Å². The molecule has 3 rings (SSSR count). The zero-order valence-corrected chi connectivity index (χ0v) is 12.7. The average Bonchev–Trinajstić information content (AvgIpc) is 2.63. The molecule has 0 aliphatic carbocycles. The average molecular weight is 304 g/mol. The Balaban J connectivity index is 1.73. The van der Waals surface area contributed by atoms with Crippen LogP contribution in [0.5, 0.6) is 0 Å². The summed E-state index contributed by atoms with van der Waals surface area (Å²) in [4.78, 5) is 22.6. The van der Waals surface area contributed by atoms with Crippen LogP contribution in [0.4, 0.5) is 17.2 Å². The molecule has 1 N–H and O–H groups in total. The minimum Gasteiger partial charge on any atom is -0.328 e. The van der Waals surface area contributed by atoms with Crippen molar-refractivity contribution in [3.05, 3.63) is 78.8 Å². The highest BCUT2D eigenvalue weighted by atomic mass is 16.1. The van der Waals surface area contributed by atoms with Crippen LogP contribution in [0.2, 0.25) is 0 Å². The summed E-state index contributed by atoms with van der Waals surface area (Å²) in [7, 11) is 1.91. The number of amides is 1. The number of anilines is 3. The fourth-order valence-corrected chi connectivity index (χ4v) is 2.11. The van der Waals surface area contributed by atoms with Gasteiger partial charge in [0.15, 0.2) is 5.82 Å². The van der Waals surface area contributed by atoms with Crippen molar-refractivity contribution in [1.82, 2.24) is 9.97 Å². The zero-order valence-electron chi connectivity index (χ0n) is 12.7. The van der Waals surface area contributed by atoms with E-state index in [4.69, 9.17) is 0 Å². The minimum atomic E-state index is -0.280. The third-order valence-electron chi connectivity index (χ3n) is 3.39. The monoisotopic (exact) mass is 304 g/mol. The SMILES string of the molecule is CN(c1ccccc1)c1cnc(C(=O)Nc2ccccc2)cn1. The first kappa shape index (κ1) is 14.7. The van der Waals surface area contributed by atoms with Gasteiger partial charge in [-0.05, 0) is 24.3 Å².